The van der Waals surface area contributed by atoms with Crippen molar-refractivity contribution in [2.75, 3.05) is 38.2 Å². The van der Waals surface area contributed by atoms with Gasteiger partial charge >= 0.3 is 0 Å². The number of benzene rings is 2. The molecule has 4 nitrogen and oxygen atoms in total. The number of nitrogens with one attached hydrogen (secondary N) is 2. The first-order valence-corrected chi connectivity index (χ1v) is 9.22. The molecule has 0 bridgehead atoms. The number of anilines is 1. The molecule has 1 aliphatic rings. The zero-order valence-electron chi connectivity index (χ0n) is 14.9. The van der Waals surface area contributed by atoms with Crippen LogP contribution in [-0.2, 0) is 4.74 Å². The van der Waals surface area contributed by atoms with Crippen molar-refractivity contribution in [3.05, 3.63) is 65.5 Å². The van der Waals surface area contributed by atoms with Crippen molar-refractivity contribution in [1.29, 1.82) is 0 Å². The van der Waals surface area contributed by atoms with Crippen LogP contribution in [0.4, 0.5) is 10.1 Å². The van der Waals surface area contributed by atoms with Crippen molar-refractivity contribution in [3.8, 4) is 0 Å². The van der Waals surface area contributed by atoms with Gasteiger partial charge < -0.3 is 15.4 Å². The lowest BCUT2D eigenvalue weighted by Crippen LogP contribution is -2.44. The summed E-state index contributed by atoms with van der Waals surface area (Å²) in [7, 11) is 0. The van der Waals surface area contributed by atoms with Crippen LogP contribution in [0.25, 0.3) is 0 Å². The number of nitrogens with zero attached hydrogens (tertiary/aromatic N) is 1. The van der Waals surface area contributed by atoms with Crippen LogP contribution in [0.2, 0.25) is 0 Å². The van der Waals surface area contributed by atoms with Gasteiger partial charge in [-0.1, -0.05) is 30.3 Å². The third-order valence-electron chi connectivity index (χ3n) is 4.59. The maximum atomic E-state index is 13.3. The summed E-state index contributed by atoms with van der Waals surface area (Å²) >= 11 is 5.46. The summed E-state index contributed by atoms with van der Waals surface area (Å²) in [6.45, 7) is 5.81. The fraction of sp³-hybridized carbons (Fsp3) is 0.350. The van der Waals surface area contributed by atoms with Gasteiger partial charge in [0, 0.05) is 25.3 Å². The molecule has 0 radical (unpaired) electrons. The first-order valence-electron chi connectivity index (χ1n) is 8.81. The molecule has 2 N–H and O–H groups in total. The minimum atomic E-state index is -0.223. The molecule has 0 saturated carbocycles. The third-order valence-corrected chi connectivity index (χ3v) is 4.84. The largest absolute Gasteiger partial charge is 0.379 e. The lowest BCUT2D eigenvalue weighted by Gasteiger charge is -2.35. The predicted molar refractivity (Wildman–Crippen MR) is 107 cm³/mol. The molecule has 2 aromatic carbocycles. The Morgan fingerprint density at radius 2 is 1.85 bits per heavy atom. The summed E-state index contributed by atoms with van der Waals surface area (Å²) in [6.07, 6.45) is 0. The molecule has 0 amide bonds. The van der Waals surface area contributed by atoms with E-state index in [4.69, 9.17) is 17.0 Å². The van der Waals surface area contributed by atoms with Crippen LogP contribution in [0, 0.1) is 12.7 Å². The smallest absolute Gasteiger partial charge is 0.170 e. The van der Waals surface area contributed by atoms with Gasteiger partial charge in [0.15, 0.2) is 5.11 Å². The number of morpholine rings is 1. The highest BCUT2D eigenvalue weighted by Gasteiger charge is 2.22. The van der Waals surface area contributed by atoms with Crippen molar-refractivity contribution in [3.63, 3.8) is 0 Å². The average molecular weight is 373 g/mol. The van der Waals surface area contributed by atoms with Gasteiger partial charge in [-0.15, -0.1) is 0 Å². The lowest BCUT2D eigenvalue weighted by molar-refractivity contribution is 0.0170. The van der Waals surface area contributed by atoms with Crippen LogP contribution in [0.3, 0.4) is 0 Å². The van der Waals surface area contributed by atoms with Crippen LogP contribution in [-0.4, -0.2) is 42.9 Å². The van der Waals surface area contributed by atoms with E-state index in [1.54, 1.807) is 0 Å². The molecular formula is C20H24FN3OS. The van der Waals surface area contributed by atoms with Crippen molar-refractivity contribution in [2.45, 2.75) is 13.0 Å². The highest BCUT2D eigenvalue weighted by molar-refractivity contribution is 7.80. The fourth-order valence-corrected chi connectivity index (χ4v) is 3.29. The highest BCUT2D eigenvalue weighted by atomic mass is 32.1. The van der Waals surface area contributed by atoms with Crippen LogP contribution < -0.4 is 10.6 Å². The first-order chi connectivity index (χ1) is 12.6. The summed E-state index contributed by atoms with van der Waals surface area (Å²) < 4.78 is 18.8. The fourth-order valence-electron chi connectivity index (χ4n) is 3.10. The number of halogens is 1. The summed E-state index contributed by atoms with van der Waals surface area (Å²) in [6, 6.07) is 14.8. The van der Waals surface area contributed by atoms with Crippen LogP contribution in [0.5, 0.6) is 0 Å². The van der Waals surface area contributed by atoms with Crippen molar-refractivity contribution in [1.82, 2.24) is 10.2 Å². The normalized spacial score (nSPS) is 16.1. The lowest BCUT2D eigenvalue weighted by atomic mass is 10.0. The van der Waals surface area contributed by atoms with E-state index in [-0.39, 0.29) is 11.9 Å². The Morgan fingerprint density at radius 3 is 2.54 bits per heavy atom. The summed E-state index contributed by atoms with van der Waals surface area (Å²) in [5, 5.41) is 7.14. The standard InChI is InChI=1S/C20H24FN3OS/c1-15-4-2-3-5-18(15)23-20(26)22-14-19(24-10-12-25-13-11-24)16-6-8-17(21)9-7-16/h2-9,19H,10-14H2,1H3,(H2,22,23,26)/t19-/m1/s1. The van der Waals surface area contributed by atoms with E-state index in [1.807, 2.05) is 43.3 Å². The topological polar surface area (TPSA) is 36.5 Å². The van der Waals surface area contributed by atoms with E-state index < -0.39 is 0 Å². The van der Waals surface area contributed by atoms with Gasteiger partial charge in [-0.05, 0) is 48.5 Å². The molecule has 0 unspecified atom stereocenters. The number of aryl methyl sites for hydroxylation is 1. The third kappa shape index (κ3) is 5.00. The number of hydrogen-bond donors (Lipinski definition) is 2. The minimum Gasteiger partial charge on any atom is -0.379 e. The Balaban J connectivity index is 1.66. The molecule has 138 valence electrons. The molecule has 1 atom stereocenters. The van der Waals surface area contributed by atoms with Gasteiger partial charge in [0.1, 0.15) is 5.82 Å². The van der Waals surface area contributed by atoms with Crippen LogP contribution >= 0.6 is 12.2 Å². The quantitative estimate of drug-likeness (QED) is 0.785. The van der Waals surface area contributed by atoms with E-state index in [9.17, 15) is 4.39 Å². The second-order valence-electron chi connectivity index (χ2n) is 6.37. The molecule has 1 saturated heterocycles. The van der Waals surface area contributed by atoms with Gasteiger partial charge in [-0.25, -0.2) is 4.39 Å². The van der Waals surface area contributed by atoms with Crippen LogP contribution in [0.1, 0.15) is 17.2 Å². The molecule has 1 fully saturated rings. The molecule has 26 heavy (non-hydrogen) atoms. The van der Waals surface area contributed by atoms with E-state index in [1.165, 1.54) is 12.1 Å². The molecule has 0 spiro atoms. The Bertz CT molecular complexity index is 732. The zero-order valence-corrected chi connectivity index (χ0v) is 15.7. The Morgan fingerprint density at radius 1 is 1.15 bits per heavy atom. The van der Waals surface area contributed by atoms with Crippen LogP contribution in [0.15, 0.2) is 48.5 Å². The molecule has 6 heteroatoms. The van der Waals surface area contributed by atoms with E-state index >= 15 is 0 Å². The van der Waals surface area contributed by atoms with Gasteiger partial charge in [0.05, 0.1) is 19.3 Å². The van der Waals surface area contributed by atoms with Crippen molar-refractivity contribution >= 4 is 23.0 Å². The molecule has 2 aromatic rings. The predicted octanol–water partition coefficient (Wildman–Crippen LogP) is 3.49. The molecule has 1 aliphatic heterocycles. The Kier molecular flexibility index (Phi) is 6.55. The van der Waals surface area contributed by atoms with Gasteiger partial charge in [-0.2, -0.15) is 0 Å². The number of ether oxygens (including phenoxy) is 1. The van der Waals surface area contributed by atoms with E-state index in [2.05, 4.69) is 15.5 Å². The molecule has 3 rings (SSSR count). The molecular weight excluding hydrogens is 349 g/mol. The maximum Gasteiger partial charge on any atom is 0.170 e. The number of para-hydroxylation sites is 1. The number of rotatable bonds is 5. The number of thiocarbonyl (C=S) groups is 1. The monoisotopic (exact) mass is 373 g/mol. The zero-order chi connectivity index (χ0) is 18.4. The molecule has 0 aliphatic carbocycles. The molecule has 1 heterocycles. The second-order valence-corrected chi connectivity index (χ2v) is 6.77. The number of hydrogen-bond acceptors (Lipinski definition) is 3. The van der Waals surface area contributed by atoms with Crippen molar-refractivity contribution in [2.24, 2.45) is 0 Å². The Labute approximate surface area is 159 Å². The minimum absolute atomic E-state index is 0.108. The summed E-state index contributed by atoms with van der Waals surface area (Å²) in [5.74, 6) is -0.223. The van der Waals surface area contributed by atoms with E-state index in [0.717, 1.165) is 29.9 Å². The summed E-state index contributed by atoms with van der Waals surface area (Å²) in [5.41, 5.74) is 3.20. The van der Waals surface area contributed by atoms with E-state index in [0.29, 0.717) is 24.9 Å². The average Bonchev–Trinajstić information content (AvgIpc) is 2.66. The van der Waals surface area contributed by atoms with Crippen molar-refractivity contribution < 1.29 is 9.13 Å². The van der Waals surface area contributed by atoms with Gasteiger partial charge in [-0.3, -0.25) is 4.90 Å². The summed E-state index contributed by atoms with van der Waals surface area (Å²) in [4.78, 5) is 2.35. The highest BCUT2D eigenvalue weighted by Crippen LogP contribution is 2.22. The second kappa shape index (κ2) is 9.07. The van der Waals surface area contributed by atoms with Gasteiger partial charge in [0.2, 0.25) is 0 Å². The Hall–Kier alpha value is -2.02. The SMILES string of the molecule is Cc1ccccc1NC(=S)NC[C@H](c1ccc(F)cc1)N1CCOCC1. The molecule has 0 aromatic heterocycles. The maximum absolute atomic E-state index is 13.3. The van der Waals surface area contributed by atoms with Gasteiger partial charge in [0.25, 0.3) is 0 Å². The first kappa shape index (κ1) is 18.8.